The molecule has 4 rings (SSSR count). The molecule has 1 aromatic carbocycles. The Kier molecular flexibility index (Phi) is 4.12. The van der Waals surface area contributed by atoms with Crippen molar-refractivity contribution >= 4 is 21.3 Å². The van der Waals surface area contributed by atoms with E-state index < -0.39 is 9.84 Å². The molecular weight excluding hydrogens is 362 g/mol. The molecule has 3 heterocycles. The third-order valence-corrected chi connectivity index (χ3v) is 6.00. The van der Waals surface area contributed by atoms with Crippen molar-refractivity contribution in [3.63, 3.8) is 0 Å². The molecule has 27 heavy (non-hydrogen) atoms. The van der Waals surface area contributed by atoms with Crippen molar-refractivity contribution in [1.29, 1.82) is 0 Å². The minimum absolute atomic E-state index is 0.0602. The SMILES string of the molecule is CNc1nn2c(-c3cccnc3)cc(C)nc2c1S(=O)(=O)c1ccccc1. The van der Waals surface area contributed by atoms with E-state index in [0.717, 1.165) is 11.3 Å². The standard InChI is InChI=1S/C19H17N5O2S/c1-13-11-16(14-7-6-10-21-12-14)24-19(22-13)17(18(20-2)23-24)27(25,26)15-8-4-3-5-9-15/h3-12H,1-2H3,(H,20,23). The van der Waals surface area contributed by atoms with E-state index in [2.05, 4.69) is 20.4 Å². The predicted octanol–water partition coefficient (Wildman–Crippen LogP) is 2.97. The Morgan fingerprint density at radius 1 is 1.07 bits per heavy atom. The maximum atomic E-state index is 13.3. The van der Waals surface area contributed by atoms with Gasteiger partial charge in [0.15, 0.2) is 16.4 Å². The lowest BCUT2D eigenvalue weighted by Gasteiger charge is -2.07. The number of hydrogen-bond acceptors (Lipinski definition) is 6. The number of aryl methyl sites for hydroxylation is 1. The molecule has 0 bridgehead atoms. The van der Waals surface area contributed by atoms with Crippen molar-refractivity contribution in [3.05, 3.63) is 66.6 Å². The molecule has 0 radical (unpaired) electrons. The second-order valence-electron chi connectivity index (χ2n) is 6.00. The fraction of sp³-hybridized carbons (Fsp3) is 0.105. The molecule has 3 aromatic heterocycles. The average molecular weight is 379 g/mol. The second-order valence-corrected chi connectivity index (χ2v) is 7.89. The third-order valence-electron chi connectivity index (χ3n) is 4.19. The molecule has 8 heteroatoms. The molecule has 0 aliphatic heterocycles. The molecule has 0 aliphatic rings. The van der Waals surface area contributed by atoms with Gasteiger partial charge >= 0.3 is 0 Å². The van der Waals surface area contributed by atoms with Gasteiger partial charge in [-0.05, 0) is 37.3 Å². The number of anilines is 1. The van der Waals surface area contributed by atoms with E-state index in [1.807, 2.05) is 25.1 Å². The molecule has 0 amide bonds. The van der Waals surface area contributed by atoms with Gasteiger partial charge in [0.1, 0.15) is 0 Å². The highest BCUT2D eigenvalue weighted by atomic mass is 32.2. The monoisotopic (exact) mass is 379 g/mol. The van der Waals surface area contributed by atoms with Crippen LogP contribution in [0.2, 0.25) is 0 Å². The highest BCUT2D eigenvalue weighted by Crippen LogP contribution is 2.32. The molecule has 4 aromatic rings. The Bertz CT molecular complexity index is 1220. The van der Waals surface area contributed by atoms with Crippen molar-refractivity contribution in [2.45, 2.75) is 16.7 Å². The van der Waals surface area contributed by atoms with Crippen LogP contribution in [0.15, 0.2) is 70.7 Å². The molecule has 0 aliphatic carbocycles. The van der Waals surface area contributed by atoms with Crippen LogP contribution in [-0.2, 0) is 9.84 Å². The zero-order valence-electron chi connectivity index (χ0n) is 14.8. The minimum atomic E-state index is -3.80. The molecule has 0 atom stereocenters. The highest BCUT2D eigenvalue weighted by Gasteiger charge is 2.29. The summed E-state index contributed by atoms with van der Waals surface area (Å²) in [6, 6.07) is 13.9. The fourth-order valence-corrected chi connectivity index (χ4v) is 4.49. The number of rotatable bonds is 4. The molecule has 0 saturated carbocycles. The van der Waals surface area contributed by atoms with Crippen molar-refractivity contribution in [1.82, 2.24) is 19.6 Å². The maximum absolute atomic E-state index is 13.3. The molecule has 0 saturated heterocycles. The summed E-state index contributed by atoms with van der Waals surface area (Å²) >= 11 is 0. The molecule has 0 unspecified atom stereocenters. The lowest BCUT2D eigenvalue weighted by atomic mass is 10.2. The van der Waals surface area contributed by atoms with Gasteiger partial charge in [-0.1, -0.05) is 18.2 Å². The molecule has 1 N–H and O–H groups in total. The van der Waals surface area contributed by atoms with Crippen molar-refractivity contribution in [3.8, 4) is 11.3 Å². The van der Waals surface area contributed by atoms with E-state index in [9.17, 15) is 8.42 Å². The zero-order valence-corrected chi connectivity index (χ0v) is 15.6. The Balaban J connectivity index is 2.07. The van der Waals surface area contributed by atoms with Crippen LogP contribution in [0.4, 0.5) is 5.82 Å². The van der Waals surface area contributed by atoms with Crippen molar-refractivity contribution in [2.24, 2.45) is 0 Å². The summed E-state index contributed by atoms with van der Waals surface area (Å²) in [6.45, 7) is 1.82. The highest BCUT2D eigenvalue weighted by molar-refractivity contribution is 7.91. The fourth-order valence-electron chi connectivity index (χ4n) is 2.97. The van der Waals surface area contributed by atoms with Crippen LogP contribution in [0.1, 0.15) is 5.69 Å². The van der Waals surface area contributed by atoms with Crippen LogP contribution in [-0.4, -0.2) is 35.0 Å². The van der Waals surface area contributed by atoms with Gasteiger partial charge in [-0.2, -0.15) is 0 Å². The molecule has 0 fully saturated rings. The Labute approximate surface area is 156 Å². The van der Waals surface area contributed by atoms with Crippen molar-refractivity contribution < 1.29 is 8.42 Å². The largest absolute Gasteiger partial charge is 0.370 e. The van der Waals surface area contributed by atoms with E-state index >= 15 is 0 Å². The zero-order chi connectivity index (χ0) is 19.0. The number of benzene rings is 1. The Morgan fingerprint density at radius 3 is 2.52 bits per heavy atom. The van der Waals surface area contributed by atoms with Gasteiger partial charge in [0.25, 0.3) is 0 Å². The predicted molar refractivity (Wildman–Crippen MR) is 102 cm³/mol. The first-order valence-electron chi connectivity index (χ1n) is 8.31. The first kappa shape index (κ1) is 17.2. The normalized spacial score (nSPS) is 11.6. The Hall–Kier alpha value is -3.26. The van der Waals surface area contributed by atoms with Gasteiger partial charge in [-0.15, -0.1) is 5.10 Å². The van der Waals surface area contributed by atoms with E-state index in [0.29, 0.717) is 5.69 Å². The summed E-state index contributed by atoms with van der Waals surface area (Å²) < 4.78 is 28.2. The topological polar surface area (TPSA) is 89.2 Å². The van der Waals surface area contributed by atoms with Crippen LogP contribution in [0.25, 0.3) is 16.9 Å². The number of fused-ring (bicyclic) bond motifs is 1. The van der Waals surface area contributed by atoms with Crippen LogP contribution in [0.3, 0.4) is 0 Å². The Morgan fingerprint density at radius 2 is 1.85 bits per heavy atom. The summed E-state index contributed by atoms with van der Waals surface area (Å²) in [5.74, 6) is 0.252. The number of aromatic nitrogens is 4. The smallest absolute Gasteiger partial charge is 0.214 e. The average Bonchev–Trinajstić information content (AvgIpc) is 3.08. The first-order chi connectivity index (χ1) is 13.0. The number of sulfone groups is 1. The van der Waals surface area contributed by atoms with Gasteiger partial charge < -0.3 is 5.32 Å². The van der Waals surface area contributed by atoms with E-state index in [4.69, 9.17) is 0 Å². The van der Waals surface area contributed by atoms with Crippen LogP contribution in [0, 0.1) is 6.92 Å². The number of nitrogens with one attached hydrogen (secondary N) is 1. The van der Waals surface area contributed by atoms with Gasteiger partial charge in [-0.3, -0.25) is 4.98 Å². The van der Waals surface area contributed by atoms with E-state index in [-0.39, 0.29) is 21.3 Å². The number of nitrogens with zero attached hydrogens (tertiary/aromatic N) is 4. The summed E-state index contributed by atoms with van der Waals surface area (Å²) in [4.78, 5) is 8.89. The van der Waals surface area contributed by atoms with E-state index in [1.165, 1.54) is 0 Å². The molecule has 136 valence electrons. The van der Waals surface area contributed by atoms with E-state index in [1.54, 1.807) is 54.3 Å². The lowest BCUT2D eigenvalue weighted by Crippen LogP contribution is -2.06. The lowest BCUT2D eigenvalue weighted by molar-refractivity contribution is 0.597. The van der Waals surface area contributed by atoms with Crippen molar-refractivity contribution in [2.75, 3.05) is 12.4 Å². The summed E-state index contributed by atoms with van der Waals surface area (Å²) in [6.07, 6.45) is 3.39. The summed E-state index contributed by atoms with van der Waals surface area (Å²) in [5, 5.41) is 7.37. The molecule has 0 spiro atoms. The maximum Gasteiger partial charge on any atom is 0.214 e. The number of hydrogen-bond donors (Lipinski definition) is 1. The van der Waals surface area contributed by atoms with Crippen LogP contribution < -0.4 is 5.32 Å². The summed E-state index contributed by atoms with van der Waals surface area (Å²) in [7, 11) is -2.16. The minimum Gasteiger partial charge on any atom is -0.370 e. The van der Waals surface area contributed by atoms with Gasteiger partial charge in [0.2, 0.25) is 9.84 Å². The van der Waals surface area contributed by atoms with Gasteiger partial charge in [0, 0.05) is 30.7 Å². The van der Waals surface area contributed by atoms with Crippen LogP contribution in [0.5, 0.6) is 0 Å². The first-order valence-corrected chi connectivity index (χ1v) is 9.79. The molecule has 7 nitrogen and oxygen atoms in total. The van der Waals surface area contributed by atoms with Gasteiger partial charge in [0.05, 0.1) is 10.6 Å². The number of pyridine rings is 1. The van der Waals surface area contributed by atoms with Gasteiger partial charge in [-0.25, -0.2) is 17.9 Å². The van der Waals surface area contributed by atoms with Crippen LogP contribution >= 0.6 is 0 Å². The third kappa shape index (κ3) is 2.83. The summed E-state index contributed by atoms with van der Waals surface area (Å²) in [5.41, 5.74) is 2.51. The molecular formula is C19H17N5O2S. The quantitative estimate of drug-likeness (QED) is 0.586. The second kappa shape index (κ2) is 6.48.